The zero-order chi connectivity index (χ0) is 13.8. The second-order valence-corrected chi connectivity index (χ2v) is 3.94. The highest BCUT2D eigenvalue weighted by molar-refractivity contribution is 6.06. The Morgan fingerprint density at radius 1 is 1.16 bits per heavy atom. The van der Waals surface area contributed by atoms with Crippen molar-refractivity contribution >= 4 is 22.7 Å². The summed E-state index contributed by atoms with van der Waals surface area (Å²) in [7, 11) is 0. The maximum absolute atomic E-state index is 11.8. The van der Waals surface area contributed by atoms with Crippen LogP contribution in [0.2, 0.25) is 0 Å². The van der Waals surface area contributed by atoms with Crippen LogP contribution in [0.15, 0.2) is 49.1 Å². The van der Waals surface area contributed by atoms with Gasteiger partial charge in [-0.25, -0.2) is 9.59 Å². The zero-order valence-electron chi connectivity index (χ0n) is 10.1. The molecule has 4 heteroatoms. The minimum Gasteiger partial charge on any atom is -0.478 e. The van der Waals surface area contributed by atoms with Crippen LogP contribution in [0.25, 0.3) is 10.8 Å². The standard InChI is InChI=1S/C15H12O4/c1-2-7-19-15(18)13-9-11-6-4-3-5-10(11)8-12(13)14(16)17/h2-6,8-9H,1,7H2,(H,16,17). The first-order valence-electron chi connectivity index (χ1n) is 5.67. The molecule has 0 unspecified atom stereocenters. The largest absolute Gasteiger partial charge is 0.478 e. The van der Waals surface area contributed by atoms with Crippen LogP contribution in [-0.2, 0) is 4.74 Å². The Morgan fingerprint density at radius 3 is 2.26 bits per heavy atom. The van der Waals surface area contributed by atoms with Crippen molar-refractivity contribution in [2.75, 3.05) is 6.61 Å². The number of benzene rings is 2. The molecule has 0 heterocycles. The average molecular weight is 256 g/mol. The van der Waals surface area contributed by atoms with Gasteiger partial charge in [-0.1, -0.05) is 36.9 Å². The van der Waals surface area contributed by atoms with E-state index in [0.29, 0.717) is 0 Å². The molecule has 0 radical (unpaired) electrons. The summed E-state index contributed by atoms with van der Waals surface area (Å²) in [6, 6.07) is 10.2. The number of aromatic carboxylic acids is 1. The van der Waals surface area contributed by atoms with Gasteiger partial charge in [-0.05, 0) is 22.9 Å². The molecule has 0 aliphatic heterocycles. The second kappa shape index (κ2) is 5.35. The predicted octanol–water partition coefficient (Wildman–Crippen LogP) is 2.88. The van der Waals surface area contributed by atoms with Crippen LogP contribution >= 0.6 is 0 Å². The molecule has 0 bridgehead atoms. The Balaban J connectivity index is 2.56. The SMILES string of the molecule is C=CCOC(=O)c1cc2ccccc2cc1C(=O)O. The number of rotatable bonds is 4. The fraction of sp³-hybridized carbons (Fsp3) is 0.0667. The van der Waals surface area contributed by atoms with E-state index in [2.05, 4.69) is 6.58 Å². The summed E-state index contributed by atoms with van der Waals surface area (Å²) >= 11 is 0. The molecule has 0 spiro atoms. The minimum atomic E-state index is -1.16. The first-order chi connectivity index (χ1) is 9.13. The van der Waals surface area contributed by atoms with E-state index in [4.69, 9.17) is 4.74 Å². The van der Waals surface area contributed by atoms with Crippen molar-refractivity contribution in [3.63, 3.8) is 0 Å². The van der Waals surface area contributed by atoms with Crippen molar-refractivity contribution in [3.8, 4) is 0 Å². The van der Waals surface area contributed by atoms with Gasteiger partial charge in [-0.2, -0.15) is 0 Å². The minimum absolute atomic E-state index is 0.0463. The van der Waals surface area contributed by atoms with E-state index in [0.717, 1.165) is 10.8 Å². The number of hydrogen-bond acceptors (Lipinski definition) is 3. The molecule has 2 aromatic rings. The molecule has 0 saturated heterocycles. The highest BCUT2D eigenvalue weighted by Gasteiger charge is 2.18. The van der Waals surface area contributed by atoms with Crippen LogP contribution < -0.4 is 0 Å². The van der Waals surface area contributed by atoms with Crippen LogP contribution in [0.4, 0.5) is 0 Å². The van der Waals surface area contributed by atoms with Crippen LogP contribution in [0.1, 0.15) is 20.7 Å². The summed E-state index contributed by atoms with van der Waals surface area (Å²) in [6.45, 7) is 3.49. The van der Waals surface area contributed by atoms with Gasteiger partial charge in [0.05, 0.1) is 11.1 Å². The molecule has 19 heavy (non-hydrogen) atoms. The van der Waals surface area contributed by atoms with Gasteiger partial charge in [0.1, 0.15) is 6.61 Å². The molecule has 2 aromatic carbocycles. The molecule has 4 nitrogen and oxygen atoms in total. The third kappa shape index (κ3) is 2.63. The lowest BCUT2D eigenvalue weighted by molar-refractivity contribution is 0.0537. The van der Waals surface area contributed by atoms with E-state index in [9.17, 15) is 14.7 Å². The monoisotopic (exact) mass is 256 g/mol. The number of carboxylic acids is 1. The van der Waals surface area contributed by atoms with Gasteiger partial charge >= 0.3 is 11.9 Å². The molecule has 0 saturated carbocycles. The molecule has 0 atom stereocenters. The molecule has 0 amide bonds. The maximum atomic E-state index is 11.8. The number of esters is 1. The Labute approximate surface area is 109 Å². The van der Waals surface area contributed by atoms with E-state index in [1.165, 1.54) is 18.2 Å². The number of carbonyl (C=O) groups is 2. The smallest absolute Gasteiger partial charge is 0.339 e. The third-order valence-electron chi connectivity index (χ3n) is 2.67. The second-order valence-electron chi connectivity index (χ2n) is 3.94. The average Bonchev–Trinajstić information content (AvgIpc) is 2.43. The van der Waals surface area contributed by atoms with E-state index in [1.54, 1.807) is 6.07 Å². The molecule has 96 valence electrons. The Hall–Kier alpha value is -2.62. The molecule has 1 N–H and O–H groups in total. The third-order valence-corrected chi connectivity index (χ3v) is 2.67. The van der Waals surface area contributed by atoms with Crippen LogP contribution in [0.5, 0.6) is 0 Å². The number of carboxylic acid groups (broad SMARTS) is 1. The van der Waals surface area contributed by atoms with E-state index in [1.807, 2.05) is 18.2 Å². The lowest BCUT2D eigenvalue weighted by atomic mass is 10.0. The highest BCUT2D eigenvalue weighted by atomic mass is 16.5. The summed E-state index contributed by atoms with van der Waals surface area (Å²) in [6.07, 6.45) is 1.43. The van der Waals surface area contributed by atoms with Gasteiger partial charge in [0.15, 0.2) is 0 Å². The summed E-state index contributed by atoms with van der Waals surface area (Å²) in [4.78, 5) is 23.1. The van der Waals surface area contributed by atoms with Crippen molar-refractivity contribution in [1.29, 1.82) is 0 Å². The van der Waals surface area contributed by atoms with E-state index < -0.39 is 11.9 Å². The predicted molar refractivity (Wildman–Crippen MR) is 71.4 cm³/mol. The zero-order valence-corrected chi connectivity index (χ0v) is 10.1. The Bertz CT molecular complexity index is 658. The van der Waals surface area contributed by atoms with Crippen molar-refractivity contribution < 1.29 is 19.4 Å². The Kier molecular flexibility index (Phi) is 3.61. The van der Waals surface area contributed by atoms with Crippen molar-refractivity contribution in [2.45, 2.75) is 0 Å². The summed E-state index contributed by atoms with van der Waals surface area (Å²) in [5.41, 5.74) is -0.0131. The number of fused-ring (bicyclic) bond motifs is 1. The molecular weight excluding hydrogens is 244 g/mol. The fourth-order valence-electron chi connectivity index (χ4n) is 1.80. The number of carbonyl (C=O) groups excluding carboxylic acids is 1. The quantitative estimate of drug-likeness (QED) is 0.674. The summed E-state index contributed by atoms with van der Waals surface area (Å²) in [5, 5.41) is 10.7. The molecular formula is C15H12O4. The topological polar surface area (TPSA) is 63.6 Å². The fourth-order valence-corrected chi connectivity index (χ4v) is 1.80. The van der Waals surface area contributed by atoms with Crippen LogP contribution in [0, 0.1) is 0 Å². The summed E-state index contributed by atoms with van der Waals surface area (Å²) < 4.78 is 4.90. The van der Waals surface area contributed by atoms with Crippen molar-refractivity contribution in [2.24, 2.45) is 0 Å². The molecule has 0 aliphatic carbocycles. The lowest BCUT2D eigenvalue weighted by Gasteiger charge is -2.07. The molecule has 0 aliphatic rings. The van der Waals surface area contributed by atoms with E-state index >= 15 is 0 Å². The molecule has 0 fully saturated rings. The lowest BCUT2D eigenvalue weighted by Crippen LogP contribution is -2.11. The van der Waals surface area contributed by atoms with Crippen molar-refractivity contribution in [1.82, 2.24) is 0 Å². The maximum Gasteiger partial charge on any atom is 0.339 e. The van der Waals surface area contributed by atoms with Crippen molar-refractivity contribution in [3.05, 3.63) is 60.2 Å². The van der Waals surface area contributed by atoms with Gasteiger partial charge in [-0.3, -0.25) is 0 Å². The van der Waals surface area contributed by atoms with E-state index in [-0.39, 0.29) is 17.7 Å². The highest BCUT2D eigenvalue weighted by Crippen LogP contribution is 2.21. The van der Waals surface area contributed by atoms with Gasteiger partial charge in [0.25, 0.3) is 0 Å². The van der Waals surface area contributed by atoms with Gasteiger partial charge in [0.2, 0.25) is 0 Å². The summed E-state index contributed by atoms with van der Waals surface area (Å²) in [5.74, 6) is -1.82. The van der Waals surface area contributed by atoms with Crippen LogP contribution in [0.3, 0.4) is 0 Å². The van der Waals surface area contributed by atoms with Gasteiger partial charge in [0, 0.05) is 0 Å². The Morgan fingerprint density at radius 2 is 1.74 bits per heavy atom. The molecule has 2 rings (SSSR count). The molecule has 0 aromatic heterocycles. The van der Waals surface area contributed by atoms with Gasteiger partial charge in [-0.15, -0.1) is 0 Å². The normalized spacial score (nSPS) is 10.1. The first-order valence-corrected chi connectivity index (χ1v) is 5.67. The van der Waals surface area contributed by atoms with Gasteiger partial charge < -0.3 is 9.84 Å². The van der Waals surface area contributed by atoms with Crippen LogP contribution in [-0.4, -0.2) is 23.7 Å². The number of hydrogen-bond donors (Lipinski definition) is 1. The number of ether oxygens (including phenoxy) is 1. The first kappa shape index (κ1) is 12.8.